The number of rotatable bonds is 5. The van der Waals surface area contributed by atoms with Crippen molar-refractivity contribution in [2.45, 2.75) is 33.2 Å². The molecule has 152 valence electrons. The Balaban J connectivity index is 1.57. The molecular weight excluding hydrogens is 366 g/mol. The van der Waals surface area contributed by atoms with Gasteiger partial charge in [0.1, 0.15) is 17.2 Å². The Kier molecular flexibility index (Phi) is 5.58. The highest BCUT2D eigenvalue weighted by Gasteiger charge is 2.32. The first-order chi connectivity index (χ1) is 14.0. The van der Waals surface area contributed by atoms with E-state index in [2.05, 4.69) is 11.8 Å². The largest absolute Gasteiger partial charge is 0.507 e. The van der Waals surface area contributed by atoms with Crippen molar-refractivity contribution in [1.29, 1.82) is 0 Å². The van der Waals surface area contributed by atoms with Gasteiger partial charge in [-0.1, -0.05) is 19.1 Å². The third kappa shape index (κ3) is 4.15. The standard InChI is InChI=1S/C24H27NO4/c1-3-28-18-6-4-17(5-7-18)14-22-23(27)19-8-9-21(26)20(24(19)29-22)15-25-12-10-16(2)11-13-25/h4-9,14,16,26H,3,10-13,15H2,1-2H3/b22-14-. The predicted molar refractivity (Wildman–Crippen MR) is 112 cm³/mol. The molecule has 0 saturated carbocycles. The molecule has 2 aromatic carbocycles. The van der Waals surface area contributed by atoms with E-state index in [1.54, 1.807) is 18.2 Å². The topological polar surface area (TPSA) is 59.0 Å². The minimum absolute atomic E-state index is 0.151. The molecule has 0 aliphatic carbocycles. The lowest BCUT2D eigenvalue weighted by atomic mass is 9.98. The molecule has 29 heavy (non-hydrogen) atoms. The van der Waals surface area contributed by atoms with E-state index in [0.717, 1.165) is 43.2 Å². The first kappa shape index (κ1) is 19.5. The average Bonchev–Trinajstić information content (AvgIpc) is 3.03. The second-order valence-corrected chi connectivity index (χ2v) is 7.84. The molecule has 2 aromatic rings. The van der Waals surface area contributed by atoms with Crippen LogP contribution in [0.4, 0.5) is 0 Å². The van der Waals surface area contributed by atoms with Crippen LogP contribution in [-0.2, 0) is 6.54 Å². The SMILES string of the molecule is CCOc1ccc(/C=C2\Oc3c(ccc(O)c3CN3CCC(C)CC3)C2=O)cc1. The second-order valence-electron chi connectivity index (χ2n) is 7.84. The molecule has 2 heterocycles. The molecule has 0 amide bonds. The van der Waals surface area contributed by atoms with Gasteiger partial charge in [-0.05, 0) is 74.7 Å². The van der Waals surface area contributed by atoms with Crippen LogP contribution in [0, 0.1) is 5.92 Å². The van der Waals surface area contributed by atoms with E-state index in [-0.39, 0.29) is 17.3 Å². The fraction of sp³-hybridized carbons (Fsp3) is 0.375. The van der Waals surface area contributed by atoms with Crippen LogP contribution in [-0.4, -0.2) is 35.5 Å². The monoisotopic (exact) mass is 393 g/mol. The fourth-order valence-electron chi connectivity index (χ4n) is 3.87. The molecule has 0 unspecified atom stereocenters. The molecule has 2 aliphatic heterocycles. The zero-order valence-electron chi connectivity index (χ0n) is 17.0. The van der Waals surface area contributed by atoms with E-state index in [0.29, 0.717) is 30.0 Å². The van der Waals surface area contributed by atoms with Gasteiger partial charge in [-0.15, -0.1) is 0 Å². The molecule has 1 fully saturated rings. The van der Waals surface area contributed by atoms with Crippen LogP contribution in [0.5, 0.6) is 17.2 Å². The van der Waals surface area contributed by atoms with Gasteiger partial charge in [0.25, 0.3) is 0 Å². The van der Waals surface area contributed by atoms with Crippen molar-refractivity contribution in [1.82, 2.24) is 4.90 Å². The van der Waals surface area contributed by atoms with Crippen LogP contribution in [0.3, 0.4) is 0 Å². The van der Waals surface area contributed by atoms with E-state index < -0.39 is 0 Å². The van der Waals surface area contributed by atoms with Crippen molar-refractivity contribution in [3.63, 3.8) is 0 Å². The summed E-state index contributed by atoms with van der Waals surface area (Å²) >= 11 is 0. The number of carbonyl (C=O) groups is 1. The van der Waals surface area contributed by atoms with Crippen LogP contribution in [0.2, 0.25) is 0 Å². The van der Waals surface area contributed by atoms with Crippen molar-refractivity contribution in [2.75, 3.05) is 19.7 Å². The number of hydrogen-bond acceptors (Lipinski definition) is 5. The first-order valence-electron chi connectivity index (χ1n) is 10.3. The van der Waals surface area contributed by atoms with Gasteiger partial charge in [0.15, 0.2) is 5.76 Å². The number of ketones is 1. The van der Waals surface area contributed by atoms with Gasteiger partial charge in [-0.3, -0.25) is 9.69 Å². The number of likely N-dealkylation sites (tertiary alicyclic amines) is 1. The Morgan fingerprint density at radius 3 is 2.59 bits per heavy atom. The summed E-state index contributed by atoms with van der Waals surface area (Å²) in [5.41, 5.74) is 2.07. The lowest BCUT2D eigenvalue weighted by molar-refractivity contribution is 0.101. The number of fused-ring (bicyclic) bond motifs is 1. The number of allylic oxidation sites excluding steroid dienone is 1. The zero-order valence-corrected chi connectivity index (χ0v) is 17.0. The summed E-state index contributed by atoms with van der Waals surface area (Å²) in [6.45, 7) is 7.40. The predicted octanol–water partition coefficient (Wildman–Crippen LogP) is 4.64. The van der Waals surface area contributed by atoms with Gasteiger partial charge >= 0.3 is 0 Å². The lowest BCUT2D eigenvalue weighted by Gasteiger charge is -2.30. The van der Waals surface area contributed by atoms with Crippen LogP contribution in [0.1, 0.15) is 48.2 Å². The zero-order chi connectivity index (χ0) is 20.4. The number of ether oxygens (including phenoxy) is 2. The van der Waals surface area contributed by atoms with Gasteiger partial charge in [0.2, 0.25) is 5.78 Å². The average molecular weight is 393 g/mol. The van der Waals surface area contributed by atoms with Gasteiger partial charge in [0.05, 0.1) is 17.7 Å². The Bertz CT molecular complexity index is 925. The van der Waals surface area contributed by atoms with E-state index in [1.807, 2.05) is 31.2 Å². The van der Waals surface area contributed by atoms with E-state index >= 15 is 0 Å². The maximum absolute atomic E-state index is 12.9. The summed E-state index contributed by atoms with van der Waals surface area (Å²) in [4.78, 5) is 15.2. The number of aromatic hydroxyl groups is 1. The van der Waals surface area contributed by atoms with E-state index in [4.69, 9.17) is 9.47 Å². The van der Waals surface area contributed by atoms with Gasteiger partial charge in [0, 0.05) is 6.54 Å². The van der Waals surface area contributed by atoms with Crippen LogP contribution in [0.25, 0.3) is 6.08 Å². The summed E-state index contributed by atoms with van der Waals surface area (Å²) in [5.74, 6) is 2.33. The molecule has 0 aromatic heterocycles. The highest BCUT2D eigenvalue weighted by molar-refractivity contribution is 6.15. The lowest BCUT2D eigenvalue weighted by Crippen LogP contribution is -2.32. The Morgan fingerprint density at radius 1 is 1.17 bits per heavy atom. The van der Waals surface area contributed by atoms with Crippen LogP contribution in [0.15, 0.2) is 42.2 Å². The Labute approximate surface area is 171 Å². The molecule has 0 bridgehead atoms. The van der Waals surface area contributed by atoms with E-state index in [9.17, 15) is 9.90 Å². The molecule has 4 rings (SSSR count). The van der Waals surface area contributed by atoms with Crippen molar-refractivity contribution in [3.05, 3.63) is 58.8 Å². The summed E-state index contributed by atoms with van der Waals surface area (Å²) in [6.07, 6.45) is 4.04. The van der Waals surface area contributed by atoms with Gasteiger partial charge < -0.3 is 14.6 Å². The highest BCUT2D eigenvalue weighted by atomic mass is 16.5. The summed E-state index contributed by atoms with van der Waals surface area (Å²) in [5, 5.41) is 10.4. The Hall–Kier alpha value is -2.79. The Morgan fingerprint density at radius 2 is 1.90 bits per heavy atom. The molecule has 0 atom stereocenters. The number of piperidine rings is 1. The van der Waals surface area contributed by atoms with Gasteiger partial charge in [-0.25, -0.2) is 0 Å². The highest BCUT2D eigenvalue weighted by Crippen LogP contribution is 2.40. The summed E-state index contributed by atoms with van der Waals surface area (Å²) in [6, 6.07) is 10.8. The molecule has 5 heteroatoms. The molecule has 1 saturated heterocycles. The van der Waals surface area contributed by atoms with Crippen molar-refractivity contribution in [3.8, 4) is 17.2 Å². The third-order valence-corrected chi connectivity index (χ3v) is 5.66. The second kappa shape index (κ2) is 8.29. The number of carbonyl (C=O) groups excluding carboxylic acids is 1. The third-order valence-electron chi connectivity index (χ3n) is 5.66. The molecule has 1 N–H and O–H groups in total. The normalized spacial score (nSPS) is 18.7. The van der Waals surface area contributed by atoms with Crippen LogP contribution >= 0.6 is 0 Å². The van der Waals surface area contributed by atoms with E-state index in [1.165, 1.54) is 0 Å². The maximum Gasteiger partial charge on any atom is 0.231 e. The number of hydrogen-bond donors (Lipinski definition) is 1. The minimum atomic E-state index is -0.151. The maximum atomic E-state index is 12.9. The number of nitrogens with zero attached hydrogens (tertiary/aromatic N) is 1. The fourth-order valence-corrected chi connectivity index (χ4v) is 3.87. The quantitative estimate of drug-likeness (QED) is 0.750. The molecule has 2 aliphatic rings. The first-order valence-corrected chi connectivity index (χ1v) is 10.3. The van der Waals surface area contributed by atoms with Crippen molar-refractivity contribution < 1.29 is 19.4 Å². The number of Topliss-reactive ketones (excluding diaryl/α,β-unsaturated/α-hetero) is 1. The number of phenolic OH excluding ortho intramolecular Hbond substituents is 1. The smallest absolute Gasteiger partial charge is 0.231 e. The van der Waals surface area contributed by atoms with Crippen LogP contribution < -0.4 is 9.47 Å². The van der Waals surface area contributed by atoms with Crippen molar-refractivity contribution >= 4 is 11.9 Å². The van der Waals surface area contributed by atoms with Crippen molar-refractivity contribution in [2.24, 2.45) is 5.92 Å². The molecular formula is C24H27NO4. The number of phenols is 1. The summed E-state index contributed by atoms with van der Waals surface area (Å²) in [7, 11) is 0. The molecule has 0 spiro atoms. The molecule has 5 nitrogen and oxygen atoms in total. The number of benzene rings is 2. The minimum Gasteiger partial charge on any atom is -0.507 e. The summed E-state index contributed by atoms with van der Waals surface area (Å²) < 4.78 is 11.4. The van der Waals surface area contributed by atoms with Gasteiger partial charge in [-0.2, -0.15) is 0 Å². The molecule has 0 radical (unpaired) electrons.